The number of likely N-dealkylation sites (N-methyl/N-ethyl adjacent to an activating group) is 1. The molecule has 3 heterocycles. The van der Waals surface area contributed by atoms with Gasteiger partial charge in [0.2, 0.25) is 5.91 Å². The zero-order chi connectivity index (χ0) is 36.0. The third-order valence-corrected chi connectivity index (χ3v) is 10.8. The summed E-state index contributed by atoms with van der Waals surface area (Å²) >= 11 is 0. The van der Waals surface area contributed by atoms with Gasteiger partial charge in [-0.1, -0.05) is 60.7 Å². The summed E-state index contributed by atoms with van der Waals surface area (Å²) in [4.78, 5) is 32.0. The Hall–Kier alpha value is -5.22. The minimum Gasteiger partial charge on any atom is -0.492 e. The third kappa shape index (κ3) is 5.44. The molecule has 10 heteroatoms. The number of hydrogen-bond donors (Lipinski definition) is 0. The molecule has 0 aliphatic carbocycles. The van der Waals surface area contributed by atoms with Gasteiger partial charge < -0.3 is 38.1 Å². The van der Waals surface area contributed by atoms with Crippen LogP contribution in [-0.4, -0.2) is 69.6 Å². The van der Waals surface area contributed by atoms with Crippen LogP contribution < -0.4 is 28.4 Å². The molecular formula is C41H44N2O8. The van der Waals surface area contributed by atoms with Gasteiger partial charge in [0.05, 0.1) is 46.6 Å². The van der Waals surface area contributed by atoms with E-state index in [1.807, 2.05) is 81.6 Å². The van der Waals surface area contributed by atoms with Crippen molar-refractivity contribution >= 4 is 12.2 Å². The van der Waals surface area contributed by atoms with Crippen LogP contribution in [0.2, 0.25) is 0 Å². The number of ether oxygens (including phenoxy) is 6. The van der Waals surface area contributed by atoms with Crippen molar-refractivity contribution in [2.24, 2.45) is 0 Å². The minimum absolute atomic E-state index is 0.137. The van der Waals surface area contributed by atoms with Gasteiger partial charge >= 0.3 is 0 Å². The number of nitrogens with zero attached hydrogens (tertiary/aromatic N) is 2. The van der Waals surface area contributed by atoms with Crippen LogP contribution in [0.25, 0.3) is 0 Å². The number of amides is 1. The number of benzene rings is 4. The van der Waals surface area contributed by atoms with Crippen molar-refractivity contribution in [2.45, 2.75) is 64.1 Å². The second kappa shape index (κ2) is 13.8. The summed E-state index contributed by atoms with van der Waals surface area (Å²) in [6.07, 6.45) is 1.59. The Labute approximate surface area is 298 Å². The van der Waals surface area contributed by atoms with E-state index in [9.17, 15) is 9.59 Å². The van der Waals surface area contributed by atoms with E-state index in [0.29, 0.717) is 66.1 Å². The van der Waals surface area contributed by atoms with E-state index in [4.69, 9.17) is 28.4 Å². The lowest BCUT2D eigenvalue weighted by Gasteiger charge is -2.56. The number of carbonyl (C=O) groups is 2. The molecule has 7 rings (SSSR count). The Balaban J connectivity index is 1.42. The smallest absolute Gasteiger partial charge is 0.241 e. The largest absolute Gasteiger partial charge is 0.492 e. The Morgan fingerprint density at radius 1 is 0.667 bits per heavy atom. The molecule has 4 atom stereocenters. The maximum absolute atomic E-state index is 14.8. The fourth-order valence-electron chi connectivity index (χ4n) is 8.52. The Kier molecular flexibility index (Phi) is 9.28. The molecule has 1 saturated heterocycles. The van der Waals surface area contributed by atoms with E-state index in [0.717, 1.165) is 45.2 Å². The third-order valence-electron chi connectivity index (χ3n) is 10.8. The number of fused-ring (bicyclic) bond motifs is 7. The van der Waals surface area contributed by atoms with Crippen molar-refractivity contribution in [1.29, 1.82) is 0 Å². The average molecular weight is 693 g/mol. The van der Waals surface area contributed by atoms with Gasteiger partial charge in [0.15, 0.2) is 23.0 Å². The Morgan fingerprint density at radius 2 is 1.14 bits per heavy atom. The van der Waals surface area contributed by atoms with Gasteiger partial charge in [-0.05, 0) is 38.4 Å². The molecule has 10 nitrogen and oxygen atoms in total. The van der Waals surface area contributed by atoms with Gasteiger partial charge in [-0.15, -0.1) is 0 Å². The molecule has 4 aromatic rings. The van der Waals surface area contributed by atoms with Gasteiger partial charge in [0, 0.05) is 39.8 Å². The van der Waals surface area contributed by atoms with Crippen molar-refractivity contribution in [1.82, 2.24) is 9.80 Å². The van der Waals surface area contributed by atoms with E-state index in [1.165, 1.54) is 0 Å². The van der Waals surface area contributed by atoms with Gasteiger partial charge in [-0.3, -0.25) is 9.69 Å². The monoisotopic (exact) mass is 692 g/mol. The van der Waals surface area contributed by atoms with Crippen LogP contribution in [-0.2, 0) is 35.6 Å². The van der Waals surface area contributed by atoms with Crippen LogP contribution in [0.3, 0.4) is 0 Å². The van der Waals surface area contributed by atoms with Crippen LogP contribution in [0.1, 0.15) is 56.6 Å². The normalized spacial score (nSPS) is 20.5. The molecule has 0 aromatic heterocycles. The van der Waals surface area contributed by atoms with Crippen molar-refractivity contribution in [3.05, 3.63) is 105 Å². The first-order valence-corrected chi connectivity index (χ1v) is 17.2. The summed E-state index contributed by atoms with van der Waals surface area (Å²) < 4.78 is 37.2. The van der Waals surface area contributed by atoms with Crippen molar-refractivity contribution in [2.75, 3.05) is 35.5 Å². The molecule has 0 unspecified atom stereocenters. The van der Waals surface area contributed by atoms with E-state index in [-0.39, 0.29) is 11.9 Å². The van der Waals surface area contributed by atoms with E-state index >= 15 is 0 Å². The number of hydrogen-bond acceptors (Lipinski definition) is 9. The molecule has 0 radical (unpaired) electrons. The summed E-state index contributed by atoms with van der Waals surface area (Å²) in [5, 5.41) is 0. The number of methoxy groups -OCH3 is 4. The summed E-state index contributed by atoms with van der Waals surface area (Å²) in [6.45, 7) is 4.55. The molecule has 4 aromatic carbocycles. The van der Waals surface area contributed by atoms with Crippen LogP contribution >= 0.6 is 0 Å². The van der Waals surface area contributed by atoms with Crippen LogP contribution in [0.5, 0.6) is 34.5 Å². The summed E-state index contributed by atoms with van der Waals surface area (Å²) in [5.41, 5.74) is 6.79. The maximum atomic E-state index is 14.8. The highest BCUT2D eigenvalue weighted by Gasteiger charge is 2.56. The van der Waals surface area contributed by atoms with Crippen molar-refractivity contribution < 1.29 is 38.0 Å². The maximum Gasteiger partial charge on any atom is 0.241 e. The highest BCUT2D eigenvalue weighted by atomic mass is 16.5. The summed E-state index contributed by atoms with van der Waals surface area (Å²) in [6, 6.07) is 17.6. The molecular weight excluding hydrogens is 648 g/mol. The topological polar surface area (TPSA) is 96.0 Å². The number of rotatable bonds is 11. The SMILES string of the molecule is COc1c(C)c(OCc2ccccc2)c2c(c1OC)[C@H]1[C@H]3Cc4c(OCc5ccccc5)c(C)c(OC)c(OC)c4[C@H](C=O)N3C(=O)[C@@H](C2)N1C. The Bertz CT molecular complexity index is 1960. The second-order valence-electron chi connectivity index (χ2n) is 13.3. The lowest BCUT2D eigenvalue weighted by Crippen LogP contribution is -2.66. The zero-order valence-electron chi connectivity index (χ0n) is 30.1. The quantitative estimate of drug-likeness (QED) is 0.173. The molecule has 51 heavy (non-hydrogen) atoms. The summed E-state index contributed by atoms with van der Waals surface area (Å²) in [5.74, 6) is 3.24. The number of carbonyl (C=O) groups excluding carboxylic acids is 2. The summed E-state index contributed by atoms with van der Waals surface area (Å²) in [7, 11) is 8.37. The molecule has 0 saturated carbocycles. The van der Waals surface area contributed by atoms with E-state index in [2.05, 4.69) is 4.90 Å². The van der Waals surface area contributed by atoms with Gasteiger partial charge in [0.1, 0.15) is 37.0 Å². The van der Waals surface area contributed by atoms with Gasteiger partial charge in [0.25, 0.3) is 0 Å². The average Bonchev–Trinajstić information content (AvgIpc) is 3.15. The molecule has 3 aliphatic heterocycles. The first-order chi connectivity index (χ1) is 24.8. The van der Waals surface area contributed by atoms with Crippen LogP contribution in [0, 0.1) is 13.8 Å². The molecule has 1 amide bonds. The van der Waals surface area contributed by atoms with Crippen LogP contribution in [0.4, 0.5) is 0 Å². The first-order valence-electron chi connectivity index (χ1n) is 17.2. The second-order valence-corrected chi connectivity index (χ2v) is 13.3. The minimum atomic E-state index is -0.942. The molecule has 2 bridgehead atoms. The first kappa shape index (κ1) is 34.2. The molecule has 3 aliphatic rings. The lowest BCUT2D eigenvalue weighted by molar-refractivity contribution is -0.158. The zero-order valence-corrected chi connectivity index (χ0v) is 30.1. The van der Waals surface area contributed by atoms with E-state index < -0.39 is 18.1 Å². The van der Waals surface area contributed by atoms with Crippen molar-refractivity contribution in [3.8, 4) is 34.5 Å². The standard InChI is InChI=1S/C41H44N2O8/c1-23-35(50-21-25-14-10-8-11-15-25)27-18-29-34-33-28(36(24(2)38(47-5)40(33)49-7)51-22-26-16-12-9-13-17-26)19-30(42(34)3)41(45)43(29)31(20-44)32(27)39(48-6)37(23)46-4/h8-17,20,29-31,34H,18-19,21-22H2,1-7H3/t29-,30-,31+,34-/m1/s1. The Morgan fingerprint density at radius 3 is 1.61 bits per heavy atom. The fraction of sp³-hybridized carbons (Fsp3) is 0.366. The number of piperazine rings is 1. The molecule has 0 N–H and O–H groups in total. The fourth-order valence-corrected chi connectivity index (χ4v) is 8.52. The van der Waals surface area contributed by atoms with Gasteiger partial charge in [-0.2, -0.15) is 0 Å². The predicted molar refractivity (Wildman–Crippen MR) is 191 cm³/mol. The van der Waals surface area contributed by atoms with Crippen LogP contribution in [0.15, 0.2) is 60.7 Å². The predicted octanol–water partition coefficient (Wildman–Crippen LogP) is 6.10. The lowest BCUT2D eigenvalue weighted by atomic mass is 9.73. The highest BCUT2D eigenvalue weighted by Crippen LogP contribution is 2.58. The van der Waals surface area contributed by atoms with Gasteiger partial charge in [-0.25, -0.2) is 0 Å². The molecule has 1 fully saturated rings. The van der Waals surface area contributed by atoms with E-state index in [1.54, 1.807) is 33.3 Å². The molecule has 0 spiro atoms. The molecule has 266 valence electrons. The highest BCUT2D eigenvalue weighted by molar-refractivity contribution is 5.90. The number of aldehydes is 1. The van der Waals surface area contributed by atoms with Crippen molar-refractivity contribution in [3.63, 3.8) is 0 Å².